The Morgan fingerprint density at radius 1 is 1.71 bits per heavy atom. The van der Waals surface area contributed by atoms with E-state index in [-0.39, 0.29) is 12.0 Å². The maximum absolute atomic E-state index is 11.8. The number of esters is 1. The molecule has 4 nitrogen and oxygen atoms in total. The van der Waals surface area contributed by atoms with E-state index in [0.717, 1.165) is 19.6 Å². The summed E-state index contributed by atoms with van der Waals surface area (Å²) in [6.45, 7) is 5.63. The van der Waals surface area contributed by atoms with Gasteiger partial charge < -0.3 is 10.1 Å². The zero-order valence-corrected chi connectivity index (χ0v) is 10.8. The third-order valence-electron chi connectivity index (χ3n) is 2.85. The molecule has 2 rings (SSSR count). The van der Waals surface area contributed by atoms with Crippen LogP contribution in [-0.2, 0) is 16.1 Å². The molecule has 1 aliphatic heterocycles. The largest absolute Gasteiger partial charge is 0.465 e. The maximum atomic E-state index is 11.8. The number of hydrogen-bond donors (Lipinski definition) is 1. The van der Waals surface area contributed by atoms with Crippen LogP contribution in [0, 0.1) is 0 Å². The van der Waals surface area contributed by atoms with Crippen LogP contribution in [0.3, 0.4) is 0 Å². The molecule has 0 spiro atoms. The first-order valence-electron chi connectivity index (χ1n) is 5.95. The summed E-state index contributed by atoms with van der Waals surface area (Å²) in [4.78, 5) is 15.3. The number of rotatable bonds is 4. The van der Waals surface area contributed by atoms with Crippen molar-refractivity contribution < 1.29 is 9.53 Å². The van der Waals surface area contributed by atoms with Crippen molar-refractivity contribution in [3.8, 4) is 0 Å². The zero-order valence-electron chi connectivity index (χ0n) is 10.0. The summed E-state index contributed by atoms with van der Waals surface area (Å²) >= 11 is 1.73. The number of hydrogen-bond acceptors (Lipinski definition) is 5. The first kappa shape index (κ1) is 12.5. The average Bonchev–Trinajstić information content (AvgIpc) is 2.83. The lowest BCUT2D eigenvalue weighted by Gasteiger charge is -2.34. The first-order chi connectivity index (χ1) is 8.31. The molecule has 17 heavy (non-hydrogen) atoms. The van der Waals surface area contributed by atoms with Crippen molar-refractivity contribution >= 4 is 17.3 Å². The number of piperazine rings is 1. The van der Waals surface area contributed by atoms with E-state index in [0.29, 0.717) is 13.2 Å². The van der Waals surface area contributed by atoms with E-state index in [4.69, 9.17) is 4.74 Å². The van der Waals surface area contributed by atoms with Gasteiger partial charge in [-0.05, 0) is 18.4 Å². The van der Waals surface area contributed by atoms with Crippen LogP contribution in [0.2, 0.25) is 0 Å². The van der Waals surface area contributed by atoms with E-state index >= 15 is 0 Å². The van der Waals surface area contributed by atoms with E-state index in [1.165, 1.54) is 4.88 Å². The second-order valence-electron chi connectivity index (χ2n) is 4.02. The molecule has 0 bridgehead atoms. The molecule has 0 aromatic carbocycles. The summed E-state index contributed by atoms with van der Waals surface area (Å²) in [5.74, 6) is -0.115. The van der Waals surface area contributed by atoms with Crippen molar-refractivity contribution in [3.63, 3.8) is 0 Å². The third kappa shape index (κ3) is 3.28. The van der Waals surface area contributed by atoms with Gasteiger partial charge in [-0.1, -0.05) is 6.07 Å². The number of nitrogens with zero attached hydrogens (tertiary/aromatic N) is 1. The molecule has 0 saturated carbocycles. The normalized spacial score (nSPS) is 21.4. The summed E-state index contributed by atoms with van der Waals surface area (Å²) in [5, 5.41) is 5.31. The highest BCUT2D eigenvalue weighted by Gasteiger charge is 2.29. The fourth-order valence-corrected chi connectivity index (χ4v) is 2.74. The van der Waals surface area contributed by atoms with Gasteiger partial charge in [0, 0.05) is 31.1 Å². The highest BCUT2D eigenvalue weighted by atomic mass is 32.1. The van der Waals surface area contributed by atoms with E-state index in [1.807, 2.05) is 13.0 Å². The molecule has 1 unspecified atom stereocenters. The highest BCUT2D eigenvalue weighted by molar-refractivity contribution is 7.09. The number of carbonyl (C=O) groups excluding carboxylic acids is 1. The van der Waals surface area contributed by atoms with Gasteiger partial charge in [0.05, 0.1) is 6.61 Å². The third-order valence-corrected chi connectivity index (χ3v) is 3.71. The molecular formula is C12H18N2O2S. The molecular weight excluding hydrogens is 236 g/mol. The minimum Gasteiger partial charge on any atom is -0.465 e. The van der Waals surface area contributed by atoms with Gasteiger partial charge in [-0.15, -0.1) is 11.3 Å². The van der Waals surface area contributed by atoms with Crippen molar-refractivity contribution in [2.75, 3.05) is 26.2 Å². The van der Waals surface area contributed by atoms with E-state index in [2.05, 4.69) is 21.7 Å². The molecule has 2 heterocycles. The molecule has 94 valence electrons. The first-order valence-corrected chi connectivity index (χ1v) is 6.83. The SMILES string of the molecule is CCOC(=O)C1CNCCN1Cc1cccs1. The summed E-state index contributed by atoms with van der Waals surface area (Å²) < 4.78 is 5.11. The smallest absolute Gasteiger partial charge is 0.324 e. The van der Waals surface area contributed by atoms with E-state index < -0.39 is 0 Å². The van der Waals surface area contributed by atoms with Crippen LogP contribution in [0.4, 0.5) is 0 Å². The molecule has 0 radical (unpaired) electrons. The van der Waals surface area contributed by atoms with Crippen molar-refractivity contribution in [2.45, 2.75) is 19.5 Å². The number of ether oxygens (including phenoxy) is 1. The molecule has 1 N–H and O–H groups in total. The highest BCUT2D eigenvalue weighted by Crippen LogP contribution is 2.15. The predicted octanol–water partition coefficient (Wildman–Crippen LogP) is 1.09. The minimum atomic E-state index is -0.147. The summed E-state index contributed by atoms with van der Waals surface area (Å²) in [7, 11) is 0. The molecule has 1 aromatic rings. The minimum absolute atomic E-state index is 0.115. The van der Waals surface area contributed by atoms with Crippen molar-refractivity contribution in [3.05, 3.63) is 22.4 Å². The molecule has 1 aliphatic rings. The van der Waals surface area contributed by atoms with Crippen LogP contribution in [0.1, 0.15) is 11.8 Å². The van der Waals surface area contributed by atoms with Gasteiger partial charge in [-0.3, -0.25) is 9.69 Å². The second kappa shape index (κ2) is 6.14. The van der Waals surface area contributed by atoms with Gasteiger partial charge in [-0.2, -0.15) is 0 Å². The number of thiophene rings is 1. The van der Waals surface area contributed by atoms with Crippen LogP contribution < -0.4 is 5.32 Å². The standard InChI is InChI=1S/C12H18N2O2S/c1-2-16-12(15)11-8-13-5-6-14(11)9-10-4-3-7-17-10/h3-4,7,11,13H,2,5-6,8-9H2,1H3. The Labute approximate surface area is 106 Å². The Kier molecular flexibility index (Phi) is 4.53. The Balaban J connectivity index is 1.99. The zero-order chi connectivity index (χ0) is 12.1. The van der Waals surface area contributed by atoms with Gasteiger partial charge in [0.25, 0.3) is 0 Å². The van der Waals surface area contributed by atoms with Gasteiger partial charge >= 0.3 is 5.97 Å². The second-order valence-corrected chi connectivity index (χ2v) is 5.05. The Morgan fingerprint density at radius 2 is 2.59 bits per heavy atom. The van der Waals surface area contributed by atoms with Crippen LogP contribution in [0.25, 0.3) is 0 Å². The Morgan fingerprint density at radius 3 is 3.29 bits per heavy atom. The molecule has 0 aliphatic carbocycles. The van der Waals surface area contributed by atoms with Crippen LogP contribution >= 0.6 is 11.3 Å². The molecule has 1 fully saturated rings. The van der Waals surface area contributed by atoms with Gasteiger partial charge in [0.15, 0.2) is 0 Å². The Bertz CT molecular complexity index is 353. The molecule has 5 heteroatoms. The number of carbonyl (C=O) groups is 1. The lowest BCUT2D eigenvalue weighted by atomic mass is 10.2. The van der Waals surface area contributed by atoms with E-state index in [9.17, 15) is 4.79 Å². The van der Waals surface area contributed by atoms with Crippen LogP contribution in [0.15, 0.2) is 17.5 Å². The predicted molar refractivity (Wildman–Crippen MR) is 68.0 cm³/mol. The summed E-state index contributed by atoms with van der Waals surface area (Å²) in [5.41, 5.74) is 0. The lowest BCUT2D eigenvalue weighted by Crippen LogP contribution is -2.54. The summed E-state index contributed by atoms with van der Waals surface area (Å²) in [6, 6.07) is 4.00. The van der Waals surface area contributed by atoms with E-state index in [1.54, 1.807) is 11.3 Å². The topological polar surface area (TPSA) is 41.6 Å². The quantitative estimate of drug-likeness (QED) is 0.817. The van der Waals surface area contributed by atoms with Gasteiger partial charge in [-0.25, -0.2) is 0 Å². The van der Waals surface area contributed by atoms with Gasteiger partial charge in [0.2, 0.25) is 0 Å². The fraction of sp³-hybridized carbons (Fsp3) is 0.583. The van der Waals surface area contributed by atoms with Crippen molar-refractivity contribution in [2.24, 2.45) is 0 Å². The van der Waals surface area contributed by atoms with Crippen molar-refractivity contribution in [1.29, 1.82) is 0 Å². The van der Waals surface area contributed by atoms with Crippen molar-refractivity contribution in [1.82, 2.24) is 10.2 Å². The molecule has 1 aromatic heterocycles. The maximum Gasteiger partial charge on any atom is 0.324 e. The molecule has 0 amide bonds. The van der Waals surface area contributed by atoms with Crippen LogP contribution in [-0.4, -0.2) is 43.2 Å². The van der Waals surface area contributed by atoms with Crippen LogP contribution in [0.5, 0.6) is 0 Å². The number of nitrogens with one attached hydrogen (secondary N) is 1. The Hall–Kier alpha value is -0.910. The molecule has 1 atom stereocenters. The molecule has 1 saturated heterocycles. The van der Waals surface area contributed by atoms with Gasteiger partial charge in [0.1, 0.15) is 6.04 Å². The average molecular weight is 254 g/mol. The monoisotopic (exact) mass is 254 g/mol. The lowest BCUT2D eigenvalue weighted by molar-refractivity contribution is -0.150. The fourth-order valence-electron chi connectivity index (χ4n) is 2.01. The summed E-state index contributed by atoms with van der Waals surface area (Å²) in [6.07, 6.45) is 0.